The molecule has 0 radical (unpaired) electrons. The van der Waals surface area contributed by atoms with Gasteiger partial charge in [0.1, 0.15) is 5.82 Å². The molecule has 9 heteroatoms. The van der Waals surface area contributed by atoms with Gasteiger partial charge in [-0.1, -0.05) is 6.07 Å². The van der Waals surface area contributed by atoms with Crippen LogP contribution in [0.3, 0.4) is 0 Å². The summed E-state index contributed by atoms with van der Waals surface area (Å²) in [4.78, 5) is 24.4. The zero-order chi connectivity index (χ0) is 21.1. The fourth-order valence-corrected chi connectivity index (χ4v) is 3.14. The van der Waals surface area contributed by atoms with Crippen molar-refractivity contribution in [1.82, 2.24) is 4.31 Å². The lowest BCUT2D eigenvalue weighted by Crippen LogP contribution is -2.30. The van der Waals surface area contributed by atoms with E-state index in [1.54, 1.807) is 13.0 Å². The van der Waals surface area contributed by atoms with Gasteiger partial charge in [0.2, 0.25) is 10.0 Å². The lowest BCUT2D eigenvalue weighted by Gasteiger charge is -2.17. The third-order valence-corrected chi connectivity index (χ3v) is 5.79. The summed E-state index contributed by atoms with van der Waals surface area (Å²) in [5.74, 6) is -1.90. The Bertz CT molecular complexity index is 988. The molecule has 1 N–H and O–H groups in total. The summed E-state index contributed by atoms with van der Waals surface area (Å²) in [5, 5.41) is 2.57. The first-order chi connectivity index (χ1) is 13.0. The Balaban J connectivity index is 2.13. The molecule has 0 heterocycles. The predicted molar refractivity (Wildman–Crippen MR) is 102 cm³/mol. The Morgan fingerprint density at radius 1 is 1.11 bits per heavy atom. The second-order valence-electron chi connectivity index (χ2n) is 6.31. The Kier molecular flexibility index (Phi) is 6.52. The molecular weight excluding hydrogens is 387 g/mol. The van der Waals surface area contributed by atoms with E-state index in [4.69, 9.17) is 4.74 Å². The normalized spacial score (nSPS) is 12.5. The third kappa shape index (κ3) is 4.93. The number of nitrogens with zero attached hydrogens (tertiary/aromatic N) is 1. The topological polar surface area (TPSA) is 92.8 Å². The number of sulfonamides is 1. The number of carbonyl (C=O) groups is 2. The highest BCUT2D eigenvalue weighted by atomic mass is 32.2. The molecule has 0 fully saturated rings. The predicted octanol–water partition coefficient (Wildman–Crippen LogP) is 2.57. The highest BCUT2D eigenvalue weighted by Gasteiger charge is 2.22. The molecule has 2 aromatic rings. The van der Waals surface area contributed by atoms with Gasteiger partial charge in [0.15, 0.2) is 6.10 Å². The van der Waals surface area contributed by atoms with E-state index in [-0.39, 0.29) is 16.1 Å². The van der Waals surface area contributed by atoms with Crippen LogP contribution >= 0.6 is 0 Å². The summed E-state index contributed by atoms with van der Waals surface area (Å²) in [6.07, 6.45) is -1.15. The van der Waals surface area contributed by atoms with Gasteiger partial charge in [-0.2, -0.15) is 0 Å². The number of carbonyl (C=O) groups excluding carboxylic acids is 2. The number of ether oxygens (including phenoxy) is 1. The third-order valence-electron chi connectivity index (χ3n) is 3.98. The van der Waals surface area contributed by atoms with Crippen LogP contribution < -0.4 is 5.32 Å². The number of rotatable bonds is 6. The lowest BCUT2D eigenvalue weighted by molar-refractivity contribution is -0.123. The number of anilines is 1. The van der Waals surface area contributed by atoms with Gasteiger partial charge in [0, 0.05) is 19.8 Å². The molecule has 0 aromatic heterocycles. The molecule has 2 rings (SSSR count). The average Bonchev–Trinajstić information content (AvgIpc) is 2.63. The first kappa shape index (κ1) is 21.5. The summed E-state index contributed by atoms with van der Waals surface area (Å²) in [6.45, 7) is 3.09. The minimum atomic E-state index is -3.66. The number of esters is 1. The number of aryl methyl sites for hydroxylation is 1. The Labute approximate surface area is 163 Å². The van der Waals surface area contributed by atoms with Crippen molar-refractivity contribution in [2.45, 2.75) is 24.8 Å². The monoisotopic (exact) mass is 408 g/mol. The van der Waals surface area contributed by atoms with Crippen molar-refractivity contribution < 1.29 is 27.1 Å². The largest absolute Gasteiger partial charge is 0.449 e. The van der Waals surface area contributed by atoms with E-state index in [1.165, 1.54) is 45.3 Å². The van der Waals surface area contributed by atoms with Gasteiger partial charge < -0.3 is 10.1 Å². The van der Waals surface area contributed by atoms with Gasteiger partial charge in [0.25, 0.3) is 5.91 Å². The lowest BCUT2D eigenvalue weighted by atomic mass is 10.2. The molecule has 0 aliphatic carbocycles. The number of amides is 1. The van der Waals surface area contributed by atoms with Crippen molar-refractivity contribution in [3.05, 3.63) is 59.4 Å². The quantitative estimate of drug-likeness (QED) is 0.742. The van der Waals surface area contributed by atoms with Crippen LogP contribution in [0.2, 0.25) is 0 Å². The van der Waals surface area contributed by atoms with Gasteiger partial charge in [-0.3, -0.25) is 4.79 Å². The minimum Gasteiger partial charge on any atom is -0.449 e. The zero-order valence-corrected chi connectivity index (χ0v) is 16.7. The summed E-state index contributed by atoms with van der Waals surface area (Å²) < 4.78 is 43.6. The molecule has 0 aliphatic rings. The maximum Gasteiger partial charge on any atom is 0.338 e. The number of hydrogen-bond acceptors (Lipinski definition) is 5. The Morgan fingerprint density at radius 2 is 1.71 bits per heavy atom. The maximum atomic E-state index is 12.9. The fourth-order valence-electron chi connectivity index (χ4n) is 2.21. The van der Waals surface area contributed by atoms with Crippen molar-refractivity contribution in [3.8, 4) is 0 Å². The van der Waals surface area contributed by atoms with Crippen LogP contribution in [0.4, 0.5) is 10.1 Å². The average molecular weight is 408 g/mol. The van der Waals surface area contributed by atoms with Crippen molar-refractivity contribution >= 4 is 27.6 Å². The van der Waals surface area contributed by atoms with Crippen LogP contribution in [-0.4, -0.2) is 44.8 Å². The van der Waals surface area contributed by atoms with Crippen LogP contribution in [-0.2, 0) is 19.6 Å². The highest BCUT2D eigenvalue weighted by Crippen LogP contribution is 2.22. The van der Waals surface area contributed by atoms with E-state index in [1.807, 2.05) is 0 Å². The van der Waals surface area contributed by atoms with Crippen molar-refractivity contribution in [2.24, 2.45) is 0 Å². The summed E-state index contributed by atoms with van der Waals surface area (Å²) in [5.41, 5.74) is 1.04. The molecular formula is C19H21FN2O5S. The van der Waals surface area contributed by atoms with Gasteiger partial charge >= 0.3 is 5.97 Å². The standard InChI is InChI=1S/C19H21FN2O5S/c1-12-5-10-16(28(25,26)22(3)4)11-17(12)21-18(23)13(2)27-19(24)14-6-8-15(20)9-7-14/h5-11,13H,1-4H3,(H,21,23). The summed E-state index contributed by atoms with van der Waals surface area (Å²) in [6, 6.07) is 9.09. The number of halogens is 1. The maximum absolute atomic E-state index is 12.9. The van der Waals surface area contributed by atoms with Crippen LogP contribution in [0.25, 0.3) is 0 Å². The molecule has 0 saturated carbocycles. The summed E-state index contributed by atoms with van der Waals surface area (Å²) in [7, 11) is -0.850. The van der Waals surface area contributed by atoms with Crippen molar-refractivity contribution in [2.75, 3.05) is 19.4 Å². The molecule has 0 aliphatic heterocycles. The van der Waals surface area contributed by atoms with E-state index >= 15 is 0 Å². The van der Waals surface area contributed by atoms with Gasteiger partial charge in [-0.15, -0.1) is 0 Å². The number of nitrogens with one attached hydrogen (secondary N) is 1. The van der Waals surface area contributed by atoms with Gasteiger partial charge in [0.05, 0.1) is 10.5 Å². The molecule has 0 spiro atoms. The second kappa shape index (κ2) is 8.49. The zero-order valence-electron chi connectivity index (χ0n) is 15.9. The van der Waals surface area contributed by atoms with Crippen LogP contribution in [0.1, 0.15) is 22.8 Å². The molecule has 2 aromatic carbocycles. The molecule has 0 bridgehead atoms. The second-order valence-corrected chi connectivity index (χ2v) is 8.46. The molecule has 150 valence electrons. The Morgan fingerprint density at radius 3 is 2.29 bits per heavy atom. The van der Waals surface area contributed by atoms with Crippen molar-refractivity contribution in [1.29, 1.82) is 0 Å². The SMILES string of the molecule is Cc1ccc(S(=O)(=O)N(C)C)cc1NC(=O)C(C)OC(=O)c1ccc(F)cc1. The van der Waals surface area contributed by atoms with Crippen molar-refractivity contribution in [3.63, 3.8) is 0 Å². The Hall–Kier alpha value is -2.78. The van der Waals surface area contributed by atoms with E-state index in [0.29, 0.717) is 5.56 Å². The van der Waals surface area contributed by atoms with Crippen LogP contribution in [0.5, 0.6) is 0 Å². The van der Waals surface area contributed by atoms with E-state index in [2.05, 4.69) is 5.32 Å². The van der Waals surface area contributed by atoms with Gasteiger partial charge in [-0.25, -0.2) is 21.9 Å². The van der Waals surface area contributed by atoms with Gasteiger partial charge in [-0.05, 0) is 55.8 Å². The van der Waals surface area contributed by atoms with E-state index < -0.39 is 33.8 Å². The number of hydrogen-bond donors (Lipinski definition) is 1. The van der Waals surface area contributed by atoms with E-state index in [9.17, 15) is 22.4 Å². The minimum absolute atomic E-state index is 0.0226. The first-order valence-corrected chi connectivity index (χ1v) is 9.77. The van der Waals surface area contributed by atoms with E-state index in [0.717, 1.165) is 16.4 Å². The molecule has 0 saturated heterocycles. The molecule has 7 nitrogen and oxygen atoms in total. The first-order valence-electron chi connectivity index (χ1n) is 8.33. The highest BCUT2D eigenvalue weighted by molar-refractivity contribution is 7.89. The molecule has 1 amide bonds. The molecule has 28 heavy (non-hydrogen) atoms. The summed E-state index contributed by atoms with van der Waals surface area (Å²) >= 11 is 0. The van der Waals surface area contributed by atoms with Crippen LogP contribution in [0, 0.1) is 12.7 Å². The van der Waals surface area contributed by atoms with Crippen LogP contribution in [0.15, 0.2) is 47.4 Å². The smallest absolute Gasteiger partial charge is 0.338 e. The fraction of sp³-hybridized carbons (Fsp3) is 0.263. The molecule has 1 unspecified atom stereocenters. The number of benzene rings is 2. The molecule has 1 atom stereocenters.